The van der Waals surface area contributed by atoms with Gasteiger partial charge in [-0.3, -0.25) is 15.2 Å². The lowest BCUT2D eigenvalue weighted by Crippen LogP contribution is -2.31. The third-order valence-corrected chi connectivity index (χ3v) is 4.01. The van der Waals surface area contributed by atoms with Gasteiger partial charge in [0.05, 0.1) is 0 Å². The molecule has 0 saturated carbocycles. The van der Waals surface area contributed by atoms with Crippen LogP contribution < -0.4 is 20.3 Å². The maximum Gasteiger partial charge on any atom is 0.341 e. The summed E-state index contributed by atoms with van der Waals surface area (Å²) >= 11 is 0. The van der Waals surface area contributed by atoms with Crippen LogP contribution in [0.25, 0.3) is 0 Å². The summed E-state index contributed by atoms with van der Waals surface area (Å²) in [5.41, 5.74) is 7.50. The molecule has 134 valence electrons. The number of ether oxygens (including phenoxy) is 1. The van der Waals surface area contributed by atoms with Gasteiger partial charge in [0.25, 0.3) is 0 Å². The molecule has 8 nitrogen and oxygen atoms in total. The van der Waals surface area contributed by atoms with E-state index in [9.17, 15) is 9.59 Å². The molecule has 2 aromatic carbocycles. The predicted molar refractivity (Wildman–Crippen MR) is 97.1 cm³/mol. The second kappa shape index (κ2) is 7.14. The molecule has 1 fully saturated rings. The Morgan fingerprint density at radius 3 is 2.00 bits per heavy atom. The second-order valence-electron chi connectivity index (χ2n) is 5.72. The number of anilines is 2. The van der Waals surface area contributed by atoms with Crippen molar-refractivity contribution in [3.63, 3.8) is 0 Å². The first-order chi connectivity index (χ1) is 12.5. The summed E-state index contributed by atoms with van der Waals surface area (Å²) in [6, 6.07) is 13.5. The van der Waals surface area contributed by atoms with E-state index in [0.717, 1.165) is 5.69 Å². The number of nitrogens with one attached hydrogen (secondary N) is 1. The molecule has 0 aromatic heterocycles. The minimum absolute atomic E-state index is 0.0175. The monoisotopic (exact) mass is 354 g/mol. The van der Waals surface area contributed by atoms with E-state index in [1.54, 1.807) is 58.3 Å². The number of carboxylic acids is 1. The maximum absolute atomic E-state index is 12.7. The van der Waals surface area contributed by atoms with Crippen molar-refractivity contribution in [2.45, 2.75) is 0 Å². The number of rotatable bonds is 6. The molecule has 0 unspecified atom stereocenters. The van der Waals surface area contributed by atoms with Gasteiger partial charge in [-0.25, -0.2) is 9.59 Å². The summed E-state index contributed by atoms with van der Waals surface area (Å²) in [4.78, 5) is 26.5. The van der Waals surface area contributed by atoms with E-state index in [0.29, 0.717) is 30.1 Å². The third-order valence-electron chi connectivity index (χ3n) is 4.01. The smallest absolute Gasteiger partial charge is 0.341 e. The number of carbonyl (C=O) groups is 2. The van der Waals surface area contributed by atoms with Crippen LogP contribution in [0.1, 0.15) is 5.56 Å². The van der Waals surface area contributed by atoms with E-state index < -0.39 is 12.6 Å². The van der Waals surface area contributed by atoms with Crippen molar-refractivity contribution in [2.24, 2.45) is 5.73 Å². The Balaban J connectivity index is 1.70. The highest BCUT2D eigenvalue weighted by Gasteiger charge is 2.30. The Kier molecular flexibility index (Phi) is 4.74. The van der Waals surface area contributed by atoms with Crippen LogP contribution in [0.15, 0.2) is 48.5 Å². The van der Waals surface area contributed by atoms with E-state index in [4.69, 9.17) is 21.0 Å². The SMILES string of the molecule is N=C(N)c1ccc(N2CCN(c3ccc(OCC(=O)O)cc3)C2=O)cc1. The molecule has 4 N–H and O–H groups in total. The average molecular weight is 354 g/mol. The van der Waals surface area contributed by atoms with Gasteiger partial charge in [-0.05, 0) is 48.5 Å². The normalized spacial score (nSPS) is 13.8. The van der Waals surface area contributed by atoms with Gasteiger partial charge in [-0.1, -0.05) is 0 Å². The molecule has 26 heavy (non-hydrogen) atoms. The van der Waals surface area contributed by atoms with Crippen LogP contribution in [-0.4, -0.2) is 42.6 Å². The fourth-order valence-corrected chi connectivity index (χ4v) is 2.70. The Bertz CT molecular complexity index is 833. The van der Waals surface area contributed by atoms with Crippen LogP contribution in [0.4, 0.5) is 16.2 Å². The molecule has 3 rings (SSSR count). The summed E-state index contributed by atoms with van der Waals surface area (Å²) < 4.78 is 5.09. The van der Waals surface area contributed by atoms with Crippen molar-refractivity contribution in [2.75, 3.05) is 29.5 Å². The molecule has 1 heterocycles. The van der Waals surface area contributed by atoms with Crippen LogP contribution in [-0.2, 0) is 4.79 Å². The summed E-state index contributed by atoms with van der Waals surface area (Å²) in [6.45, 7) is 0.657. The van der Waals surface area contributed by atoms with Crippen LogP contribution in [0.3, 0.4) is 0 Å². The highest BCUT2D eigenvalue weighted by atomic mass is 16.5. The quantitative estimate of drug-likeness (QED) is 0.540. The van der Waals surface area contributed by atoms with Crippen molar-refractivity contribution in [1.29, 1.82) is 5.41 Å². The van der Waals surface area contributed by atoms with Crippen LogP contribution >= 0.6 is 0 Å². The Morgan fingerprint density at radius 2 is 1.54 bits per heavy atom. The third kappa shape index (κ3) is 3.59. The molecule has 1 saturated heterocycles. The minimum atomic E-state index is -1.05. The van der Waals surface area contributed by atoms with Crippen molar-refractivity contribution in [3.05, 3.63) is 54.1 Å². The van der Waals surface area contributed by atoms with Crippen molar-refractivity contribution < 1.29 is 19.4 Å². The fraction of sp³-hybridized carbons (Fsp3) is 0.167. The average Bonchev–Trinajstić information content (AvgIpc) is 3.02. The first-order valence-electron chi connectivity index (χ1n) is 7.94. The molecule has 0 atom stereocenters. The number of amidine groups is 1. The molecular formula is C18H18N4O4. The first-order valence-corrected chi connectivity index (χ1v) is 7.94. The zero-order valence-corrected chi connectivity index (χ0v) is 13.9. The van der Waals surface area contributed by atoms with E-state index in [2.05, 4.69) is 0 Å². The van der Waals surface area contributed by atoms with Gasteiger partial charge in [0.15, 0.2) is 6.61 Å². The summed E-state index contributed by atoms with van der Waals surface area (Å²) in [5.74, 6) is -0.633. The molecular weight excluding hydrogens is 336 g/mol. The Hall–Kier alpha value is -3.55. The molecule has 0 aliphatic carbocycles. The lowest BCUT2D eigenvalue weighted by molar-refractivity contribution is -0.139. The topological polar surface area (TPSA) is 120 Å². The molecule has 2 aromatic rings. The Morgan fingerprint density at radius 1 is 1.04 bits per heavy atom. The zero-order chi connectivity index (χ0) is 18.7. The van der Waals surface area contributed by atoms with Crippen molar-refractivity contribution in [1.82, 2.24) is 0 Å². The standard InChI is InChI=1S/C18H18N4O4/c19-17(20)12-1-3-13(4-2-12)21-9-10-22(18(21)25)14-5-7-15(8-6-14)26-11-16(23)24/h1-8H,9-11H2,(H3,19,20)(H,23,24). The van der Waals surface area contributed by atoms with Crippen LogP contribution in [0.2, 0.25) is 0 Å². The van der Waals surface area contributed by atoms with Gasteiger partial charge in [0.1, 0.15) is 11.6 Å². The number of nitrogen functional groups attached to an aromatic ring is 1. The van der Waals surface area contributed by atoms with Gasteiger partial charge >= 0.3 is 12.0 Å². The van der Waals surface area contributed by atoms with Crippen LogP contribution in [0.5, 0.6) is 5.75 Å². The van der Waals surface area contributed by atoms with Gasteiger partial charge in [-0.2, -0.15) is 0 Å². The predicted octanol–water partition coefficient (Wildman–Crippen LogP) is 1.88. The molecule has 1 aliphatic rings. The summed E-state index contributed by atoms with van der Waals surface area (Å²) in [6.07, 6.45) is 0. The number of hydrogen-bond donors (Lipinski definition) is 3. The summed E-state index contributed by atoms with van der Waals surface area (Å²) in [5, 5.41) is 16.0. The molecule has 0 spiro atoms. The van der Waals surface area contributed by atoms with Crippen LogP contribution in [0, 0.1) is 5.41 Å². The van der Waals surface area contributed by atoms with E-state index in [1.165, 1.54) is 0 Å². The fourth-order valence-electron chi connectivity index (χ4n) is 2.70. The number of urea groups is 1. The van der Waals surface area contributed by atoms with Gasteiger partial charge in [0.2, 0.25) is 0 Å². The molecule has 8 heteroatoms. The van der Waals surface area contributed by atoms with Crippen molar-refractivity contribution >= 4 is 29.2 Å². The number of hydrogen-bond acceptors (Lipinski definition) is 4. The highest BCUT2D eigenvalue weighted by Crippen LogP contribution is 2.26. The maximum atomic E-state index is 12.7. The number of carboxylic acid groups (broad SMARTS) is 1. The van der Waals surface area contributed by atoms with E-state index in [1.807, 2.05) is 0 Å². The minimum Gasteiger partial charge on any atom is -0.482 e. The number of aliphatic carboxylic acids is 1. The lowest BCUT2D eigenvalue weighted by Gasteiger charge is -2.19. The number of carbonyl (C=O) groups excluding carboxylic acids is 1. The highest BCUT2D eigenvalue weighted by molar-refractivity contribution is 6.06. The van der Waals surface area contributed by atoms with Crippen molar-refractivity contribution in [3.8, 4) is 5.75 Å². The zero-order valence-electron chi connectivity index (χ0n) is 13.9. The van der Waals surface area contributed by atoms with E-state index in [-0.39, 0.29) is 11.9 Å². The van der Waals surface area contributed by atoms with E-state index >= 15 is 0 Å². The molecule has 0 bridgehead atoms. The molecule has 1 aliphatic heterocycles. The number of nitrogens with zero attached hydrogens (tertiary/aromatic N) is 2. The second-order valence-corrected chi connectivity index (χ2v) is 5.72. The molecule has 0 radical (unpaired) electrons. The summed E-state index contributed by atoms with van der Waals surface area (Å²) in [7, 11) is 0. The number of nitrogens with two attached hydrogens (primary N) is 1. The lowest BCUT2D eigenvalue weighted by atomic mass is 10.2. The van der Waals surface area contributed by atoms with Gasteiger partial charge in [0, 0.05) is 30.0 Å². The Labute approximate surface area is 149 Å². The number of amides is 2. The van der Waals surface area contributed by atoms with Gasteiger partial charge < -0.3 is 15.6 Å². The first kappa shape index (κ1) is 17.3. The number of benzene rings is 2. The van der Waals surface area contributed by atoms with Gasteiger partial charge in [-0.15, -0.1) is 0 Å². The molecule has 2 amide bonds. The largest absolute Gasteiger partial charge is 0.482 e.